The van der Waals surface area contributed by atoms with Crippen molar-refractivity contribution in [2.24, 2.45) is 0 Å². The highest BCUT2D eigenvalue weighted by Gasteiger charge is 2.16. The van der Waals surface area contributed by atoms with E-state index in [1.807, 2.05) is 19.1 Å². The third kappa shape index (κ3) is 7.06. The van der Waals surface area contributed by atoms with Crippen molar-refractivity contribution in [1.82, 2.24) is 0 Å². The molecule has 0 radical (unpaired) electrons. The molecular weight excluding hydrogens is 288 g/mol. The monoisotopic (exact) mass is 320 g/mol. The van der Waals surface area contributed by atoms with Crippen molar-refractivity contribution < 1.29 is 14.3 Å². The molecule has 23 heavy (non-hydrogen) atoms. The van der Waals surface area contributed by atoms with Crippen molar-refractivity contribution in [3.05, 3.63) is 29.3 Å². The first kappa shape index (κ1) is 19.5. The molecule has 0 saturated carbocycles. The summed E-state index contributed by atoms with van der Waals surface area (Å²) in [4.78, 5) is 12.1. The summed E-state index contributed by atoms with van der Waals surface area (Å²) in [5.41, 5.74) is 1.62. The Balaban J connectivity index is 2.49. The highest BCUT2D eigenvalue weighted by atomic mass is 16.5. The van der Waals surface area contributed by atoms with Crippen molar-refractivity contribution in [2.45, 2.75) is 72.1 Å². The molecule has 3 nitrogen and oxygen atoms in total. The zero-order valence-electron chi connectivity index (χ0n) is 15.0. The normalized spacial score (nSPS) is 10.6. The van der Waals surface area contributed by atoms with Crippen LogP contribution in [-0.4, -0.2) is 19.2 Å². The number of unbranched alkanes of at least 4 members (excludes halogenated alkanes) is 6. The van der Waals surface area contributed by atoms with Crippen LogP contribution < -0.4 is 4.74 Å². The minimum Gasteiger partial charge on any atom is -0.492 e. The molecule has 1 aromatic rings. The SMILES string of the molecule is CCCCCCCCCOc1c(CC)cccc1C(=O)OCC. The lowest BCUT2D eigenvalue weighted by atomic mass is 10.1. The molecule has 0 aliphatic rings. The Morgan fingerprint density at radius 3 is 2.30 bits per heavy atom. The Bertz CT molecular complexity index is 454. The lowest BCUT2D eigenvalue weighted by Crippen LogP contribution is -2.10. The number of carbonyl (C=O) groups excluding carboxylic acids is 1. The van der Waals surface area contributed by atoms with Crippen molar-refractivity contribution in [3.8, 4) is 5.75 Å². The van der Waals surface area contributed by atoms with Crippen molar-refractivity contribution in [2.75, 3.05) is 13.2 Å². The number of hydrogen-bond acceptors (Lipinski definition) is 3. The quantitative estimate of drug-likeness (QED) is 0.374. The maximum absolute atomic E-state index is 12.1. The van der Waals surface area contributed by atoms with Gasteiger partial charge in [0.2, 0.25) is 0 Å². The summed E-state index contributed by atoms with van der Waals surface area (Å²) >= 11 is 0. The molecule has 1 aromatic carbocycles. The Morgan fingerprint density at radius 1 is 0.957 bits per heavy atom. The molecular formula is C20H32O3. The second-order valence-electron chi connectivity index (χ2n) is 5.84. The molecule has 3 heteroatoms. The largest absolute Gasteiger partial charge is 0.492 e. The molecule has 0 heterocycles. The standard InChI is InChI=1S/C20H32O3/c1-4-7-8-9-10-11-12-16-23-19-17(5-2)14-13-15-18(19)20(21)22-6-3/h13-15H,4-12,16H2,1-3H3. The van der Waals surface area contributed by atoms with Crippen LogP contribution in [0.15, 0.2) is 18.2 Å². The maximum atomic E-state index is 12.1. The second kappa shape index (κ2) is 12.0. The van der Waals surface area contributed by atoms with Crippen LogP contribution in [0.1, 0.15) is 81.6 Å². The van der Waals surface area contributed by atoms with Gasteiger partial charge in [-0.25, -0.2) is 4.79 Å². The van der Waals surface area contributed by atoms with Crippen molar-refractivity contribution in [3.63, 3.8) is 0 Å². The Hall–Kier alpha value is -1.51. The van der Waals surface area contributed by atoms with Crippen LogP contribution in [-0.2, 0) is 11.2 Å². The molecule has 0 spiro atoms. The van der Waals surface area contributed by atoms with Gasteiger partial charge in [0, 0.05) is 0 Å². The average Bonchev–Trinajstić information content (AvgIpc) is 2.57. The first-order valence-corrected chi connectivity index (χ1v) is 9.16. The predicted octanol–water partition coefficient (Wildman–Crippen LogP) is 5.56. The molecule has 130 valence electrons. The van der Waals surface area contributed by atoms with E-state index in [1.165, 1.54) is 38.5 Å². The van der Waals surface area contributed by atoms with Gasteiger partial charge in [-0.15, -0.1) is 0 Å². The van der Waals surface area contributed by atoms with Gasteiger partial charge in [0.25, 0.3) is 0 Å². The van der Waals surface area contributed by atoms with Crippen LogP contribution in [0, 0.1) is 0 Å². The lowest BCUT2D eigenvalue weighted by molar-refractivity contribution is 0.0521. The molecule has 0 aliphatic carbocycles. The Morgan fingerprint density at radius 2 is 1.65 bits per heavy atom. The van der Waals surface area contributed by atoms with Crippen LogP contribution in [0.4, 0.5) is 0 Å². The van der Waals surface area contributed by atoms with Crippen LogP contribution in [0.5, 0.6) is 5.75 Å². The van der Waals surface area contributed by atoms with Gasteiger partial charge in [-0.1, -0.05) is 64.5 Å². The van der Waals surface area contributed by atoms with Crippen molar-refractivity contribution >= 4 is 5.97 Å². The van der Waals surface area contributed by atoms with Crippen LogP contribution >= 0.6 is 0 Å². The van der Waals surface area contributed by atoms with E-state index in [2.05, 4.69) is 13.8 Å². The van der Waals surface area contributed by atoms with E-state index in [0.717, 1.165) is 18.4 Å². The number of aryl methyl sites for hydroxylation is 1. The topological polar surface area (TPSA) is 35.5 Å². The molecule has 0 N–H and O–H groups in total. The number of para-hydroxylation sites is 1. The third-order valence-electron chi connectivity index (χ3n) is 3.97. The fourth-order valence-corrected chi connectivity index (χ4v) is 2.64. The summed E-state index contributed by atoms with van der Waals surface area (Å²) in [5.74, 6) is 0.414. The minimum atomic E-state index is -0.294. The van der Waals surface area contributed by atoms with E-state index in [0.29, 0.717) is 24.5 Å². The van der Waals surface area contributed by atoms with Gasteiger partial charge >= 0.3 is 5.97 Å². The number of hydrogen-bond donors (Lipinski definition) is 0. The van der Waals surface area contributed by atoms with Gasteiger partial charge < -0.3 is 9.47 Å². The summed E-state index contributed by atoms with van der Waals surface area (Å²) in [6.07, 6.45) is 9.61. The minimum absolute atomic E-state index is 0.294. The Labute approximate surface area is 141 Å². The van der Waals surface area contributed by atoms with E-state index in [9.17, 15) is 4.79 Å². The smallest absolute Gasteiger partial charge is 0.341 e. The molecule has 0 unspecified atom stereocenters. The van der Waals surface area contributed by atoms with E-state index >= 15 is 0 Å². The number of rotatable bonds is 12. The number of ether oxygens (including phenoxy) is 2. The van der Waals surface area contributed by atoms with E-state index in [-0.39, 0.29) is 5.97 Å². The van der Waals surface area contributed by atoms with E-state index in [4.69, 9.17) is 9.47 Å². The van der Waals surface area contributed by atoms with Crippen molar-refractivity contribution in [1.29, 1.82) is 0 Å². The summed E-state index contributed by atoms with van der Waals surface area (Å²) in [6.45, 7) is 7.18. The van der Waals surface area contributed by atoms with Gasteiger partial charge in [-0.2, -0.15) is 0 Å². The summed E-state index contributed by atoms with van der Waals surface area (Å²) in [6, 6.07) is 5.70. The fraction of sp³-hybridized carbons (Fsp3) is 0.650. The maximum Gasteiger partial charge on any atom is 0.341 e. The number of benzene rings is 1. The molecule has 0 bridgehead atoms. The highest BCUT2D eigenvalue weighted by molar-refractivity contribution is 5.93. The summed E-state index contributed by atoms with van der Waals surface area (Å²) < 4.78 is 11.1. The first-order chi connectivity index (χ1) is 11.2. The molecule has 0 aliphatic heterocycles. The molecule has 1 rings (SSSR count). The third-order valence-corrected chi connectivity index (χ3v) is 3.97. The molecule has 0 atom stereocenters. The molecule has 0 aromatic heterocycles. The lowest BCUT2D eigenvalue weighted by Gasteiger charge is -2.14. The fourth-order valence-electron chi connectivity index (χ4n) is 2.64. The summed E-state index contributed by atoms with van der Waals surface area (Å²) in [5, 5.41) is 0. The molecule has 0 saturated heterocycles. The van der Waals surface area contributed by atoms with Gasteiger partial charge in [0.15, 0.2) is 0 Å². The highest BCUT2D eigenvalue weighted by Crippen LogP contribution is 2.26. The zero-order chi connectivity index (χ0) is 16.9. The van der Waals surface area contributed by atoms with Gasteiger partial charge in [-0.05, 0) is 31.4 Å². The number of carbonyl (C=O) groups is 1. The van der Waals surface area contributed by atoms with Gasteiger partial charge in [0.1, 0.15) is 11.3 Å². The van der Waals surface area contributed by atoms with Crippen LogP contribution in [0.25, 0.3) is 0 Å². The van der Waals surface area contributed by atoms with Gasteiger partial charge in [-0.3, -0.25) is 0 Å². The molecule has 0 amide bonds. The zero-order valence-corrected chi connectivity index (χ0v) is 15.0. The second-order valence-corrected chi connectivity index (χ2v) is 5.84. The average molecular weight is 320 g/mol. The van der Waals surface area contributed by atoms with Crippen LogP contribution in [0.3, 0.4) is 0 Å². The van der Waals surface area contributed by atoms with Crippen LogP contribution in [0.2, 0.25) is 0 Å². The summed E-state index contributed by atoms with van der Waals surface area (Å²) in [7, 11) is 0. The first-order valence-electron chi connectivity index (χ1n) is 9.16. The predicted molar refractivity (Wildman–Crippen MR) is 95.3 cm³/mol. The van der Waals surface area contributed by atoms with Gasteiger partial charge in [0.05, 0.1) is 13.2 Å². The number of esters is 1. The molecule has 0 fully saturated rings. The van der Waals surface area contributed by atoms with E-state index in [1.54, 1.807) is 6.07 Å². The Kier molecular flexibility index (Phi) is 10.2. The van der Waals surface area contributed by atoms with E-state index < -0.39 is 0 Å².